The van der Waals surface area contributed by atoms with E-state index < -0.39 is 45.1 Å². The van der Waals surface area contributed by atoms with Crippen molar-refractivity contribution in [2.45, 2.75) is 37.1 Å². The summed E-state index contributed by atoms with van der Waals surface area (Å²) in [5.74, 6) is -1.17. The van der Waals surface area contributed by atoms with Crippen LogP contribution in [0.4, 0.5) is 10.5 Å². The number of rotatable bonds is 18. The highest BCUT2D eigenvalue weighted by atomic mass is 32.2. The minimum absolute atomic E-state index is 0.0722. The number of ether oxygens (including phenoxy) is 4. The number of nitrogens with zero attached hydrogens (tertiary/aromatic N) is 2. The third-order valence-electron chi connectivity index (χ3n) is 7.00. The summed E-state index contributed by atoms with van der Waals surface area (Å²) in [6.07, 6.45) is 0.331. The van der Waals surface area contributed by atoms with Crippen molar-refractivity contribution in [2.24, 2.45) is 0 Å². The predicted molar refractivity (Wildman–Crippen MR) is 177 cm³/mol. The molecule has 2 N–H and O–H groups in total. The van der Waals surface area contributed by atoms with Crippen LogP contribution in [0.5, 0.6) is 5.75 Å². The number of non-ortho nitro benzene ring substituents is 1. The molecule has 0 saturated heterocycles. The maximum absolute atomic E-state index is 13.3. The van der Waals surface area contributed by atoms with E-state index in [0.717, 1.165) is 12.7 Å². The van der Waals surface area contributed by atoms with Gasteiger partial charge in [0.05, 0.1) is 24.0 Å². The van der Waals surface area contributed by atoms with Gasteiger partial charge in [-0.25, -0.2) is 18.0 Å². The van der Waals surface area contributed by atoms with E-state index in [2.05, 4.69) is 16.6 Å². The van der Waals surface area contributed by atoms with Crippen molar-refractivity contribution in [3.63, 3.8) is 0 Å². The van der Waals surface area contributed by atoms with Crippen molar-refractivity contribution in [3.05, 3.63) is 112 Å². The molecular weight excluding hydrogens is 660 g/mol. The minimum atomic E-state index is -4.20. The van der Waals surface area contributed by atoms with Gasteiger partial charge in [0.15, 0.2) is 0 Å². The van der Waals surface area contributed by atoms with Gasteiger partial charge in [0, 0.05) is 31.8 Å². The first-order valence-corrected chi connectivity index (χ1v) is 16.3. The number of nitrogens with one attached hydrogen (secondary N) is 2. The van der Waals surface area contributed by atoms with Crippen LogP contribution >= 0.6 is 0 Å². The number of methoxy groups -OCH3 is 2. The van der Waals surface area contributed by atoms with Gasteiger partial charge in [-0.2, -0.15) is 4.72 Å². The lowest BCUT2D eigenvalue weighted by Gasteiger charge is -2.30. The standard InChI is InChI=1S/C33H38N4O11S/c1-5-18-47-32(39)29(34-33(40)48-22-25-8-12-26(13-9-25)37(41)42)20-36(19-24-10-14-27(45-3)15-11-24)21-30(31(38)46-4)35-49(43,44)28-16-6-23(2)7-17-28/h5-17,29-30,35H,1,18-22H2,2-4H3,(H,34,40)/t29-,30-/m0/s1. The molecule has 3 rings (SSSR count). The van der Waals surface area contributed by atoms with Crippen LogP contribution in [0.2, 0.25) is 0 Å². The van der Waals surface area contributed by atoms with E-state index in [9.17, 15) is 32.9 Å². The number of carbonyl (C=O) groups excluding carboxylic acids is 3. The number of carbonyl (C=O) groups is 3. The zero-order valence-corrected chi connectivity index (χ0v) is 28.0. The summed E-state index contributed by atoms with van der Waals surface area (Å²) in [5.41, 5.74) is 1.85. The van der Waals surface area contributed by atoms with Crippen molar-refractivity contribution in [1.29, 1.82) is 0 Å². The number of esters is 2. The number of hydrogen-bond acceptors (Lipinski definition) is 12. The Labute approximate surface area is 284 Å². The number of sulfonamides is 1. The second-order valence-corrected chi connectivity index (χ2v) is 12.4. The molecule has 0 unspecified atom stereocenters. The van der Waals surface area contributed by atoms with Gasteiger partial charge >= 0.3 is 18.0 Å². The Morgan fingerprint density at radius 3 is 2.08 bits per heavy atom. The monoisotopic (exact) mass is 698 g/mol. The maximum atomic E-state index is 13.3. The molecule has 0 saturated carbocycles. The first-order valence-electron chi connectivity index (χ1n) is 14.8. The summed E-state index contributed by atoms with van der Waals surface area (Å²) in [6, 6.07) is 15.5. The van der Waals surface area contributed by atoms with Crippen LogP contribution in [0.25, 0.3) is 0 Å². The van der Waals surface area contributed by atoms with Gasteiger partial charge < -0.3 is 24.3 Å². The van der Waals surface area contributed by atoms with Crippen molar-refractivity contribution in [1.82, 2.24) is 14.9 Å². The van der Waals surface area contributed by atoms with E-state index in [0.29, 0.717) is 16.9 Å². The van der Waals surface area contributed by atoms with Crippen LogP contribution in [0.3, 0.4) is 0 Å². The van der Waals surface area contributed by atoms with E-state index in [1.54, 1.807) is 48.2 Å². The van der Waals surface area contributed by atoms with Gasteiger partial charge in [-0.1, -0.05) is 42.5 Å². The molecule has 0 aliphatic rings. The lowest BCUT2D eigenvalue weighted by atomic mass is 10.1. The number of hydrogen-bond donors (Lipinski definition) is 2. The van der Waals surface area contributed by atoms with Gasteiger partial charge in [0.1, 0.15) is 31.0 Å². The highest BCUT2D eigenvalue weighted by molar-refractivity contribution is 7.89. The summed E-state index contributed by atoms with van der Waals surface area (Å²) in [6.45, 7) is 4.40. The van der Waals surface area contributed by atoms with Crippen LogP contribution in [-0.4, -0.2) is 82.3 Å². The molecule has 0 heterocycles. The van der Waals surface area contributed by atoms with Crippen molar-refractivity contribution < 1.29 is 46.7 Å². The lowest BCUT2D eigenvalue weighted by molar-refractivity contribution is -0.384. The van der Waals surface area contributed by atoms with Gasteiger partial charge in [0.2, 0.25) is 10.0 Å². The average molecular weight is 699 g/mol. The summed E-state index contributed by atoms with van der Waals surface area (Å²) in [7, 11) is -1.58. The Morgan fingerprint density at radius 2 is 1.51 bits per heavy atom. The number of aryl methyl sites for hydroxylation is 1. The van der Waals surface area contributed by atoms with Crippen molar-refractivity contribution >= 4 is 33.7 Å². The molecule has 16 heteroatoms. The van der Waals surface area contributed by atoms with Gasteiger partial charge in [0.25, 0.3) is 5.69 Å². The largest absolute Gasteiger partial charge is 0.497 e. The second-order valence-electron chi connectivity index (χ2n) is 10.7. The zero-order chi connectivity index (χ0) is 36.0. The third kappa shape index (κ3) is 12.0. The quantitative estimate of drug-likeness (QED) is 0.0649. The highest BCUT2D eigenvalue weighted by Crippen LogP contribution is 2.17. The zero-order valence-electron chi connectivity index (χ0n) is 27.2. The Morgan fingerprint density at radius 1 is 0.898 bits per heavy atom. The van der Waals surface area contributed by atoms with E-state index >= 15 is 0 Å². The van der Waals surface area contributed by atoms with E-state index in [4.69, 9.17) is 18.9 Å². The Hall–Kier alpha value is -5.32. The molecule has 0 aromatic heterocycles. The van der Waals surface area contributed by atoms with Crippen LogP contribution in [0.15, 0.2) is 90.3 Å². The fraction of sp³-hybridized carbons (Fsp3) is 0.303. The summed E-state index contributed by atoms with van der Waals surface area (Å²) in [5, 5.41) is 13.4. The van der Waals surface area contributed by atoms with Crippen molar-refractivity contribution in [3.8, 4) is 5.75 Å². The van der Waals surface area contributed by atoms with Crippen molar-refractivity contribution in [2.75, 3.05) is 33.9 Å². The number of amides is 1. The Bertz CT molecular complexity index is 1700. The number of nitro benzene ring substituents is 1. The molecule has 15 nitrogen and oxygen atoms in total. The molecule has 3 aromatic rings. The molecule has 3 aromatic carbocycles. The smallest absolute Gasteiger partial charge is 0.408 e. The first-order chi connectivity index (χ1) is 23.3. The third-order valence-corrected chi connectivity index (χ3v) is 8.49. The normalized spacial score (nSPS) is 12.3. The van der Waals surface area contributed by atoms with Gasteiger partial charge in [-0.05, 0) is 54.4 Å². The molecule has 2 atom stereocenters. The molecule has 0 fully saturated rings. The van der Waals surface area contributed by atoms with Crippen LogP contribution in [0, 0.1) is 17.0 Å². The lowest BCUT2D eigenvalue weighted by Crippen LogP contribution is -2.54. The molecule has 0 spiro atoms. The van der Waals surface area contributed by atoms with Crippen LogP contribution in [0.1, 0.15) is 16.7 Å². The van der Waals surface area contributed by atoms with Gasteiger partial charge in [-0.3, -0.25) is 19.8 Å². The maximum Gasteiger partial charge on any atom is 0.408 e. The van der Waals surface area contributed by atoms with E-state index in [1.807, 2.05) is 0 Å². The number of benzene rings is 3. The van der Waals surface area contributed by atoms with E-state index in [1.165, 1.54) is 49.6 Å². The van der Waals surface area contributed by atoms with Gasteiger partial charge in [-0.15, -0.1) is 0 Å². The van der Waals surface area contributed by atoms with Crippen LogP contribution < -0.4 is 14.8 Å². The fourth-order valence-corrected chi connectivity index (χ4v) is 5.63. The Balaban J connectivity index is 1.88. The highest BCUT2D eigenvalue weighted by Gasteiger charge is 2.32. The summed E-state index contributed by atoms with van der Waals surface area (Å²) in [4.78, 5) is 50.8. The summed E-state index contributed by atoms with van der Waals surface area (Å²) >= 11 is 0. The topological polar surface area (TPSA) is 193 Å². The molecule has 49 heavy (non-hydrogen) atoms. The molecule has 262 valence electrons. The predicted octanol–water partition coefficient (Wildman–Crippen LogP) is 3.26. The second kappa shape index (κ2) is 18.3. The summed E-state index contributed by atoms with van der Waals surface area (Å²) < 4.78 is 49.6. The first kappa shape index (κ1) is 38.1. The van der Waals surface area contributed by atoms with E-state index in [-0.39, 0.29) is 43.4 Å². The Kier molecular flexibility index (Phi) is 14.2. The molecular formula is C33H38N4O11S. The molecule has 0 radical (unpaired) electrons. The molecule has 0 aliphatic carbocycles. The molecule has 1 amide bonds. The average Bonchev–Trinajstić information content (AvgIpc) is 3.09. The SMILES string of the molecule is C=CCOC(=O)[C@H](CN(Cc1ccc(OC)cc1)C[C@H](NS(=O)(=O)c1ccc(C)cc1)C(=O)OC)NC(=O)OCc1ccc([N+](=O)[O-])cc1. The fourth-order valence-electron chi connectivity index (χ4n) is 4.45. The number of nitro groups is 1. The number of alkyl carbamates (subject to hydrolysis) is 1. The minimum Gasteiger partial charge on any atom is -0.497 e. The van der Waals surface area contributed by atoms with Crippen LogP contribution in [-0.2, 0) is 47.0 Å². The molecule has 0 aliphatic heterocycles. The molecule has 0 bridgehead atoms.